The van der Waals surface area contributed by atoms with E-state index >= 15 is 0 Å². The van der Waals surface area contributed by atoms with Gasteiger partial charge in [0.25, 0.3) is 5.91 Å². The van der Waals surface area contributed by atoms with Gasteiger partial charge in [0, 0.05) is 11.8 Å². The number of hydrogen-bond acceptors (Lipinski definition) is 3. The fourth-order valence-electron chi connectivity index (χ4n) is 1.38. The van der Waals surface area contributed by atoms with Crippen LogP contribution in [0, 0.1) is 12.7 Å². The van der Waals surface area contributed by atoms with Gasteiger partial charge in [-0.15, -0.1) is 0 Å². The number of halogens is 2. The Morgan fingerprint density at radius 1 is 1.28 bits per heavy atom. The summed E-state index contributed by atoms with van der Waals surface area (Å²) in [6.45, 7) is 1.64. The molecule has 1 N–H and O–H groups in total. The van der Waals surface area contributed by atoms with Crippen LogP contribution in [0.2, 0.25) is 5.15 Å². The molecule has 1 heterocycles. The van der Waals surface area contributed by atoms with E-state index in [1.54, 1.807) is 6.92 Å². The van der Waals surface area contributed by atoms with Crippen molar-refractivity contribution in [3.8, 4) is 0 Å². The zero-order chi connectivity index (χ0) is 13.1. The monoisotopic (exact) mass is 265 g/mol. The van der Waals surface area contributed by atoms with Crippen molar-refractivity contribution in [1.82, 2.24) is 9.97 Å². The molecule has 0 fully saturated rings. The van der Waals surface area contributed by atoms with Gasteiger partial charge in [-0.1, -0.05) is 11.6 Å². The number of nitrogens with one attached hydrogen (secondary N) is 1. The van der Waals surface area contributed by atoms with Gasteiger partial charge in [-0.2, -0.15) is 0 Å². The average molecular weight is 266 g/mol. The van der Waals surface area contributed by atoms with Crippen LogP contribution in [-0.2, 0) is 0 Å². The Bertz CT molecular complexity index is 566. The number of hydrogen-bond donors (Lipinski definition) is 1. The number of anilines is 1. The normalized spacial score (nSPS) is 10.2. The molecule has 1 amide bonds. The predicted molar refractivity (Wildman–Crippen MR) is 66.1 cm³/mol. The van der Waals surface area contributed by atoms with Crippen LogP contribution in [0.3, 0.4) is 0 Å². The number of carbonyl (C=O) groups excluding carboxylic acids is 1. The SMILES string of the molecule is Cc1nc(Cl)cc(C(=O)Nc2ccc(F)cc2)n1. The van der Waals surface area contributed by atoms with E-state index in [0.29, 0.717) is 11.5 Å². The summed E-state index contributed by atoms with van der Waals surface area (Å²) in [4.78, 5) is 19.7. The Morgan fingerprint density at radius 3 is 2.56 bits per heavy atom. The lowest BCUT2D eigenvalue weighted by atomic mass is 10.3. The molecule has 0 bridgehead atoms. The Hall–Kier alpha value is -2.01. The molecule has 0 aliphatic heterocycles. The second-order valence-corrected chi connectivity index (χ2v) is 3.97. The predicted octanol–water partition coefficient (Wildman–Crippen LogP) is 2.83. The van der Waals surface area contributed by atoms with Gasteiger partial charge in [0.15, 0.2) is 0 Å². The van der Waals surface area contributed by atoms with E-state index in [1.165, 1.54) is 30.3 Å². The second kappa shape index (κ2) is 5.10. The fraction of sp³-hybridized carbons (Fsp3) is 0.0833. The minimum absolute atomic E-state index is 0.164. The van der Waals surface area contributed by atoms with Crippen molar-refractivity contribution in [3.05, 3.63) is 52.8 Å². The van der Waals surface area contributed by atoms with Crippen LogP contribution in [0.5, 0.6) is 0 Å². The molecule has 1 aromatic carbocycles. The highest BCUT2D eigenvalue weighted by atomic mass is 35.5. The lowest BCUT2D eigenvalue weighted by molar-refractivity contribution is 0.102. The first kappa shape index (κ1) is 12.4. The molecule has 2 aromatic rings. The van der Waals surface area contributed by atoms with Crippen LogP contribution in [0.4, 0.5) is 10.1 Å². The van der Waals surface area contributed by atoms with Gasteiger partial charge < -0.3 is 5.32 Å². The molecular weight excluding hydrogens is 257 g/mol. The highest BCUT2D eigenvalue weighted by molar-refractivity contribution is 6.29. The number of benzene rings is 1. The molecule has 0 saturated heterocycles. The molecule has 0 unspecified atom stereocenters. The molecule has 92 valence electrons. The number of carbonyl (C=O) groups is 1. The van der Waals surface area contributed by atoms with Crippen LogP contribution >= 0.6 is 11.6 Å². The highest BCUT2D eigenvalue weighted by Gasteiger charge is 2.10. The highest BCUT2D eigenvalue weighted by Crippen LogP contribution is 2.12. The molecule has 0 radical (unpaired) electrons. The van der Waals surface area contributed by atoms with Crippen molar-refractivity contribution in [2.45, 2.75) is 6.92 Å². The molecule has 0 atom stereocenters. The Labute approximate surface area is 108 Å². The molecule has 2 rings (SSSR count). The van der Waals surface area contributed by atoms with Crippen LogP contribution in [0.1, 0.15) is 16.3 Å². The lowest BCUT2D eigenvalue weighted by Crippen LogP contribution is -2.14. The van der Waals surface area contributed by atoms with Crippen molar-refractivity contribution in [2.75, 3.05) is 5.32 Å². The van der Waals surface area contributed by atoms with Gasteiger partial charge >= 0.3 is 0 Å². The molecule has 1 aromatic heterocycles. The van der Waals surface area contributed by atoms with E-state index in [4.69, 9.17) is 11.6 Å². The van der Waals surface area contributed by atoms with E-state index in [9.17, 15) is 9.18 Å². The fourth-order valence-corrected chi connectivity index (χ4v) is 1.60. The third-order valence-corrected chi connectivity index (χ3v) is 2.34. The van der Waals surface area contributed by atoms with Gasteiger partial charge in [0.05, 0.1) is 0 Å². The molecule has 0 spiro atoms. The summed E-state index contributed by atoms with van der Waals surface area (Å²) in [5, 5.41) is 2.79. The molecule has 18 heavy (non-hydrogen) atoms. The lowest BCUT2D eigenvalue weighted by Gasteiger charge is -2.05. The maximum atomic E-state index is 12.7. The quantitative estimate of drug-likeness (QED) is 0.850. The van der Waals surface area contributed by atoms with Crippen LogP contribution in [0.25, 0.3) is 0 Å². The van der Waals surface area contributed by atoms with Gasteiger partial charge in [-0.25, -0.2) is 14.4 Å². The van der Waals surface area contributed by atoms with E-state index < -0.39 is 5.91 Å². The van der Waals surface area contributed by atoms with Crippen molar-refractivity contribution < 1.29 is 9.18 Å². The zero-order valence-electron chi connectivity index (χ0n) is 9.45. The van der Waals surface area contributed by atoms with Gasteiger partial charge in [-0.05, 0) is 31.2 Å². The average Bonchev–Trinajstić information content (AvgIpc) is 2.31. The van der Waals surface area contributed by atoms with E-state index in [1.807, 2.05) is 0 Å². The van der Waals surface area contributed by atoms with Crippen LogP contribution in [-0.4, -0.2) is 15.9 Å². The molecule has 6 heteroatoms. The Balaban J connectivity index is 2.19. The summed E-state index contributed by atoms with van der Waals surface area (Å²) in [6.07, 6.45) is 0. The molecule has 4 nitrogen and oxygen atoms in total. The molecular formula is C12H9ClFN3O. The number of amides is 1. The Morgan fingerprint density at radius 2 is 1.94 bits per heavy atom. The maximum Gasteiger partial charge on any atom is 0.274 e. The first-order chi connectivity index (χ1) is 8.54. The molecule has 0 aliphatic carbocycles. The summed E-state index contributed by atoms with van der Waals surface area (Å²) in [5.74, 6) is -0.380. The number of rotatable bonds is 2. The van der Waals surface area contributed by atoms with E-state index in [2.05, 4.69) is 15.3 Å². The van der Waals surface area contributed by atoms with E-state index in [-0.39, 0.29) is 16.7 Å². The second-order valence-electron chi connectivity index (χ2n) is 3.58. The van der Waals surface area contributed by atoms with E-state index in [0.717, 1.165) is 0 Å². The summed E-state index contributed by atoms with van der Waals surface area (Å²) in [5.41, 5.74) is 0.644. The Kier molecular flexibility index (Phi) is 3.53. The van der Waals surface area contributed by atoms with Crippen LogP contribution < -0.4 is 5.32 Å². The zero-order valence-corrected chi connectivity index (χ0v) is 10.2. The number of nitrogens with zero attached hydrogens (tertiary/aromatic N) is 2. The first-order valence-electron chi connectivity index (χ1n) is 5.13. The third-order valence-electron chi connectivity index (χ3n) is 2.14. The maximum absolute atomic E-state index is 12.7. The van der Waals surface area contributed by atoms with Gasteiger partial charge in [-0.3, -0.25) is 4.79 Å². The minimum atomic E-state index is -0.422. The smallest absolute Gasteiger partial charge is 0.274 e. The number of aromatic nitrogens is 2. The van der Waals surface area contributed by atoms with Crippen molar-refractivity contribution in [2.24, 2.45) is 0 Å². The van der Waals surface area contributed by atoms with Crippen LogP contribution in [0.15, 0.2) is 30.3 Å². The number of aryl methyl sites for hydroxylation is 1. The largest absolute Gasteiger partial charge is 0.321 e. The standard InChI is InChI=1S/C12H9ClFN3O/c1-7-15-10(6-11(13)16-7)12(18)17-9-4-2-8(14)3-5-9/h2-6H,1H3,(H,17,18). The molecule has 0 saturated carbocycles. The third kappa shape index (κ3) is 3.01. The summed E-state index contributed by atoms with van der Waals surface area (Å²) < 4.78 is 12.7. The summed E-state index contributed by atoms with van der Waals surface area (Å²) in [7, 11) is 0. The summed E-state index contributed by atoms with van der Waals surface area (Å²) in [6, 6.07) is 6.81. The van der Waals surface area contributed by atoms with Crippen molar-refractivity contribution in [3.63, 3.8) is 0 Å². The molecule has 0 aliphatic rings. The van der Waals surface area contributed by atoms with Crippen molar-refractivity contribution in [1.29, 1.82) is 0 Å². The first-order valence-corrected chi connectivity index (χ1v) is 5.50. The van der Waals surface area contributed by atoms with Gasteiger partial charge in [0.1, 0.15) is 22.5 Å². The van der Waals surface area contributed by atoms with Crippen molar-refractivity contribution >= 4 is 23.2 Å². The van der Waals surface area contributed by atoms with Gasteiger partial charge in [0.2, 0.25) is 0 Å². The topological polar surface area (TPSA) is 54.9 Å². The summed E-state index contributed by atoms with van der Waals surface area (Å²) >= 11 is 5.74. The minimum Gasteiger partial charge on any atom is -0.321 e.